The fraction of sp³-hybridized carbons (Fsp3) is 0.0909. The first kappa shape index (κ1) is 18.0. The topological polar surface area (TPSA) is 52.0 Å². The molecule has 4 rings (SSSR count). The number of hydrogen-bond acceptors (Lipinski definition) is 3. The number of aryl methyl sites for hydroxylation is 1. The van der Waals surface area contributed by atoms with Crippen molar-refractivity contribution < 1.29 is 9.53 Å². The summed E-state index contributed by atoms with van der Waals surface area (Å²) in [4.78, 5) is 15.9. The number of methoxy groups -OCH3 is 1. The van der Waals surface area contributed by atoms with E-state index < -0.39 is 5.97 Å². The molecule has 6 heteroatoms. The summed E-state index contributed by atoms with van der Waals surface area (Å²) >= 11 is 5.63. The molecule has 0 spiro atoms. The summed E-state index contributed by atoms with van der Waals surface area (Å²) < 4.78 is 9.48. The van der Waals surface area contributed by atoms with E-state index in [1.807, 2.05) is 89.2 Å². The summed E-state index contributed by atoms with van der Waals surface area (Å²) in [5.41, 5.74) is 4.64. The molecule has 0 bridgehead atoms. The molecule has 4 aromatic rings. The summed E-state index contributed by atoms with van der Waals surface area (Å²) in [5, 5.41) is 0. The van der Waals surface area contributed by atoms with Crippen LogP contribution in [-0.2, 0) is 11.8 Å². The van der Waals surface area contributed by atoms with Gasteiger partial charge in [-0.15, -0.1) is 0 Å². The van der Waals surface area contributed by atoms with Gasteiger partial charge < -0.3 is 14.3 Å². The Bertz CT molecular complexity index is 1190. The minimum Gasteiger partial charge on any atom is -0.464 e. The Balaban J connectivity index is 2.13. The maximum absolute atomic E-state index is 12.6. The Morgan fingerprint density at radius 1 is 0.964 bits per heavy atom. The van der Waals surface area contributed by atoms with Crippen molar-refractivity contribution in [2.45, 2.75) is 0 Å². The molecule has 2 aromatic carbocycles. The van der Waals surface area contributed by atoms with Gasteiger partial charge in [-0.05, 0) is 17.8 Å². The number of ether oxygens (including phenoxy) is 1. The monoisotopic (exact) mass is 389 g/mol. The predicted molar refractivity (Wildman–Crippen MR) is 112 cm³/mol. The van der Waals surface area contributed by atoms with Crippen LogP contribution in [0.25, 0.3) is 28.1 Å². The molecule has 0 saturated carbocycles. The number of benzene rings is 2. The van der Waals surface area contributed by atoms with Gasteiger partial charge in [0, 0.05) is 30.6 Å². The summed E-state index contributed by atoms with van der Waals surface area (Å²) in [6.07, 6.45) is 3.81. The van der Waals surface area contributed by atoms with Gasteiger partial charge in [-0.25, -0.2) is 4.79 Å². The van der Waals surface area contributed by atoms with Gasteiger partial charge in [-0.3, -0.25) is 4.57 Å². The van der Waals surface area contributed by atoms with Gasteiger partial charge in [0.15, 0.2) is 4.77 Å². The molecule has 28 heavy (non-hydrogen) atoms. The van der Waals surface area contributed by atoms with Crippen molar-refractivity contribution in [1.82, 2.24) is 14.1 Å². The quantitative estimate of drug-likeness (QED) is 0.395. The molecule has 0 saturated heterocycles. The number of aromatic nitrogens is 3. The van der Waals surface area contributed by atoms with E-state index in [0.717, 1.165) is 28.1 Å². The maximum Gasteiger partial charge on any atom is 0.355 e. The molecule has 2 aromatic heterocycles. The van der Waals surface area contributed by atoms with Crippen LogP contribution in [0.4, 0.5) is 0 Å². The minimum atomic E-state index is -0.426. The molecular formula is C22H19N3O2S. The van der Waals surface area contributed by atoms with E-state index in [0.29, 0.717) is 10.5 Å². The van der Waals surface area contributed by atoms with Gasteiger partial charge in [0.1, 0.15) is 5.69 Å². The first-order chi connectivity index (χ1) is 13.6. The number of carbonyl (C=O) groups is 1. The SMILES string of the molecule is COC(=O)c1[nH]c(-c2ccccc2)c(-n2ccn(C)c2=S)c1-c1ccccc1. The number of hydrogen-bond donors (Lipinski definition) is 1. The van der Waals surface area contributed by atoms with Crippen LogP contribution >= 0.6 is 12.2 Å². The van der Waals surface area contributed by atoms with Gasteiger partial charge in [-0.1, -0.05) is 60.7 Å². The van der Waals surface area contributed by atoms with E-state index in [9.17, 15) is 4.79 Å². The number of carbonyl (C=O) groups excluding carboxylic acids is 1. The fourth-order valence-corrected chi connectivity index (χ4v) is 3.53. The number of nitrogens with one attached hydrogen (secondary N) is 1. The molecule has 0 fully saturated rings. The lowest BCUT2D eigenvalue weighted by atomic mass is 10.0. The number of imidazole rings is 1. The number of H-pyrrole nitrogens is 1. The Hall–Kier alpha value is -3.38. The highest BCUT2D eigenvalue weighted by atomic mass is 32.1. The highest BCUT2D eigenvalue weighted by Crippen LogP contribution is 2.39. The molecule has 0 unspecified atom stereocenters. The molecule has 0 radical (unpaired) electrons. The largest absolute Gasteiger partial charge is 0.464 e. The molecule has 0 aliphatic carbocycles. The first-order valence-electron chi connectivity index (χ1n) is 8.81. The molecule has 0 amide bonds. The lowest BCUT2D eigenvalue weighted by Crippen LogP contribution is -2.04. The van der Waals surface area contributed by atoms with Crippen LogP contribution in [0.15, 0.2) is 73.1 Å². The van der Waals surface area contributed by atoms with Crippen molar-refractivity contribution in [3.05, 3.63) is 83.5 Å². The van der Waals surface area contributed by atoms with Crippen LogP contribution in [0.3, 0.4) is 0 Å². The van der Waals surface area contributed by atoms with Crippen LogP contribution < -0.4 is 0 Å². The van der Waals surface area contributed by atoms with Crippen LogP contribution in [0.5, 0.6) is 0 Å². The third-order valence-corrected chi connectivity index (χ3v) is 5.16. The predicted octanol–water partition coefficient (Wildman–Crippen LogP) is 4.99. The van der Waals surface area contributed by atoms with Crippen LogP contribution in [0, 0.1) is 4.77 Å². The van der Waals surface area contributed by atoms with Gasteiger partial charge >= 0.3 is 5.97 Å². The molecular weight excluding hydrogens is 370 g/mol. The first-order valence-corrected chi connectivity index (χ1v) is 9.22. The number of nitrogens with zero attached hydrogens (tertiary/aromatic N) is 2. The molecule has 1 N–H and O–H groups in total. The third kappa shape index (κ3) is 2.97. The molecule has 2 heterocycles. The van der Waals surface area contributed by atoms with Crippen molar-refractivity contribution in [3.63, 3.8) is 0 Å². The molecule has 0 aliphatic heterocycles. The van der Waals surface area contributed by atoms with Crippen LogP contribution in [0.2, 0.25) is 0 Å². The Kier molecular flexibility index (Phi) is 4.71. The van der Waals surface area contributed by atoms with E-state index in [1.165, 1.54) is 7.11 Å². The van der Waals surface area contributed by atoms with Crippen molar-refractivity contribution in [3.8, 4) is 28.1 Å². The summed E-state index contributed by atoms with van der Waals surface area (Å²) in [5.74, 6) is -0.426. The minimum absolute atomic E-state index is 0.397. The highest BCUT2D eigenvalue weighted by Gasteiger charge is 2.26. The smallest absolute Gasteiger partial charge is 0.355 e. The Morgan fingerprint density at radius 3 is 2.11 bits per heavy atom. The zero-order valence-corrected chi connectivity index (χ0v) is 16.4. The summed E-state index contributed by atoms with van der Waals surface area (Å²) in [7, 11) is 3.28. The second-order valence-electron chi connectivity index (χ2n) is 6.38. The van der Waals surface area contributed by atoms with Gasteiger partial charge in [0.25, 0.3) is 0 Å². The average Bonchev–Trinajstić information content (AvgIpc) is 3.29. The van der Waals surface area contributed by atoms with Crippen molar-refractivity contribution in [1.29, 1.82) is 0 Å². The summed E-state index contributed by atoms with van der Waals surface area (Å²) in [6.45, 7) is 0. The normalized spacial score (nSPS) is 10.8. The molecule has 5 nitrogen and oxygen atoms in total. The lowest BCUT2D eigenvalue weighted by molar-refractivity contribution is 0.0596. The fourth-order valence-electron chi connectivity index (χ4n) is 3.32. The lowest BCUT2D eigenvalue weighted by Gasteiger charge is -2.10. The molecule has 140 valence electrons. The molecule has 0 aliphatic rings. The third-order valence-electron chi connectivity index (χ3n) is 4.68. The van der Waals surface area contributed by atoms with Crippen molar-refractivity contribution in [2.24, 2.45) is 7.05 Å². The second kappa shape index (κ2) is 7.32. The van der Waals surface area contributed by atoms with E-state index in [4.69, 9.17) is 17.0 Å². The number of esters is 1. The standard InChI is InChI=1S/C22H19N3O2S/c1-24-13-14-25(22(24)28)20-17(15-9-5-3-6-10-15)19(21(26)27-2)23-18(20)16-11-7-4-8-12-16/h3-14,23H,1-2H3. The number of aromatic amines is 1. The zero-order valence-electron chi connectivity index (χ0n) is 15.5. The molecule has 0 atom stereocenters. The van der Waals surface area contributed by atoms with Gasteiger partial charge in [0.2, 0.25) is 0 Å². The van der Waals surface area contributed by atoms with E-state index in [1.54, 1.807) is 0 Å². The zero-order chi connectivity index (χ0) is 19.7. The van der Waals surface area contributed by atoms with Crippen molar-refractivity contribution >= 4 is 18.2 Å². The van der Waals surface area contributed by atoms with Crippen molar-refractivity contribution in [2.75, 3.05) is 7.11 Å². The van der Waals surface area contributed by atoms with Gasteiger partial charge in [-0.2, -0.15) is 0 Å². The second-order valence-corrected chi connectivity index (χ2v) is 6.75. The summed E-state index contributed by atoms with van der Waals surface area (Å²) in [6, 6.07) is 19.7. The van der Waals surface area contributed by atoms with E-state index in [-0.39, 0.29) is 0 Å². The van der Waals surface area contributed by atoms with Crippen LogP contribution in [-0.4, -0.2) is 27.2 Å². The van der Waals surface area contributed by atoms with Gasteiger partial charge in [0.05, 0.1) is 18.5 Å². The number of rotatable bonds is 4. The van der Waals surface area contributed by atoms with Crippen LogP contribution in [0.1, 0.15) is 10.5 Å². The highest BCUT2D eigenvalue weighted by molar-refractivity contribution is 7.71. The Morgan fingerprint density at radius 2 is 1.57 bits per heavy atom. The maximum atomic E-state index is 12.6. The van der Waals surface area contributed by atoms with E-state index in [2.05, 4.69) is 4.98 Å². The Labute approximate surface area is 167 Å². The average molecular weight is 389 g/mol. The van der Waals surface area contributed by atoms with E-state index >= 15 is 0 Å².